The standard InChI is InChI=1S/C11H8N2O/c14-11-7-13-9-4-2-1-3-8(9)5-6-10(13)12-11/h1-6H,7H2. The summed E-state index contributed by atoms with van der Waals surface area (Å²) in [5.74, 6) is 0.690. The molecule has 14 heavy (non-hydrogen) atoms. The number of amides is 1. The van der Waals surface area contributed by atoms with Gasteiger partial charge in [-0.2, -0.15) is 4.99 Å². The maximum atomic E-state index is 11.2. The Kier molecular flexibility index (Phi) is 1.36. The minimum absolute atomic E-state index is 0.0682. The van der Waals surface area contributed by atoms with Crippen molar-refractivity contribution >= 4 is 23.5 Å². The molecule has 2 aliphatic rings. The number of nitrogens with zero attached hydrogens (tertiary/aromatic N) is 2. The van der Waals surface area contributed by atoms with E-state index in [0.717, 1.165) is 17.1 Å². The first-order chi connectivity index (χ1) is 6.84. The van der Waals surface area contributed by atoms with E-state index in [1.807, 2.05) is 41.3 Å². The SMILES string of the molecule is O=C1CN2C(=N1)C=Cc1ccccc12. The van der Waals surface area contributed by atoms with Gasteiger partial charge < -0.3 is 4.90 Å². The molecular formula is C11H8N2O. The highest BCUT2D eigenvalue weighted by atomic mass is 16.2. The molecule has 2 aliphatic heterocycles. The summed E-state index contributed by atoms with van der Waals surface area (Å²) in [6.45, 7) is 0.372. The minimum Gasteiger partial charge on any atom is -0.316 e. The fraction of sp³-hybridized carbons (Fsp3) is 0.0909. The van der Waals surface area contributed by atoms with E-state index < -0.39 is 0 Å². The first kappa shape index (κ1) is 7.50. The van der Waals surface area contributed by atoms with Crippen molar-refractivity contribution in [3.63, 3.8) is 0 Å². The van der Waals surface area contributed by atoms with Gasteiger partial charge in [0.15, 0.2) is 0 Å². The van der Waals surface area contributed by atoms with Crippen LogP contribution in [0, 0.1) is 0 Å². The lowest BCUT2D eigenvalue weighted by atomic mass is 10.1. The number of carbonyl (C=O) groups excluding carboxylic acids is 1. The lowest BCUT2D eigenvalue weighted by molar-refractivity contribution is -0.115. The molecule has 0 radical (unpaired) electrons. The normalized spacial score (nSPS) is 17.9. The van der Waals surface area contributed by atoms with Crippen molar-refractivity contribution in [2.75, 3.05) is 11.4 Å². The molecule has 0 unspecified atom stereocenters. The molecule has 3 nitrogen and oxygen atoms in total. The van der Waals surface area contributed by atoms with Crippen molar-refractivity contribution < 1.29 is 4.79 Å². The molecule has 0 N–H and O–H groups in total. The Bertz CT molecular complexity index is 474. The maximum Gasteiger partial charge on any atom is 0.267 e. The molecule has 0 saturated heterocycles. The first-order valence-corrected chi connectivity index (χ1v) is 4.51. The van der Waals surface area contributed by atoms with E-state index in [0.29, 0.717) is 6.54 Å². The smallest absolute Gasteiger partial charge is 0.267 e. The molecule has 2 heterocycles. The fourth-order valence-electron chi connectivity index (χ4n) is 1.81. The number of anilines is 1. The van der Waals surface area contributed by atoms with Crippen LogP contribution < -0.4 is 4.90 Å². The summed E-state index contributed by atoms with van der Waals surface area (Å²) < 4.78 is 0. The third-order valence-corrected chi connectivity index (χ3v) is 2.45. The Morgan fingerprint density at radius 1 is 1.21 bits per heavy atom. The Morgan fingerprint density at radius 2 is 2.07 bits per heavy atom. The van der Waals surface area contributed by atoms with E-state index in [1.54, 1.807) is 0 Å². The highest BCUT2D eigenvalue weighted by Crippen LogP contribution is 2.28. The van der Waals surface area contributed by atoms with E-state index in [1.165, 1.54) is 0 Å². The van der Waals surface area contributed by atoms with Crippen LogP contribution in [0.2, 0.25) is 0 Å². The predicted molar refractivity (Wildman–Crippen MR) is 55.3 cm³/mol. The Labute approximate surface area is 81.4 Å². The van der Waals surface area contributed by atoms with Gasteiger partial charge in [-0.05, 0) is 23.8 Å². The van der Waals surface area contributed by atoms with Crippen molar-refractivity contribution in [1.29, 1.82) is 0 Å². The van der Waals surface area contributed by atoms with Crippen LogP contribution in [0.15, 0.2) is 35.3 Å². The third-order valence-electron chi connectivity index (χ3n) is 2.45. The molecule has 0 fully saturated rings. The third kappa shape index (κ3) is 0.923. The Balaban J connectivity index is 2.19. The summed E-state index contributed by atoms with van der Waals surface area (Å²) in [4.78, 5) is 17.0. The average molecular weight is 184 g/mol. The summed E-state index contributed by atoms with van der Waals surface area (Å²) in [6, 6.07) is 8.00. The van der Waals surface area contributed by atoms with Crippen LogP contribution in [0.4, 0.5) is 5.69 Å². The minimum atomic E-state index is -0.0682. The summed E-state index contributed by atoms with van der Waals surface area (Å²) >= 11 is 0. The number of para-hydroxylation sites is 1. The number of rotatable bonds is 0. The van der Waals surface area contributed by atoms with Crippen molar-refractivity contribution in [3.8, 4) is 0 Å². The molecule has 1 amide bonds. The lowest BCUT2D eigenvalue weighted by Crippen LogP contribution is -2.29. The second-order valence-electron chi connectivity index (χ2n) is 3.34. The molecule has 1 aromatic rings. The zero-order valence-electron chi connectivity index (χ0n) is 7.47. The summed E-state index contributed by atoms with van der Waals surface area (Å²) in [5.41, 5.74) is 2.21. The van der Waals surface area contributed by atoms with Gasteiger partial charge in [0.05, 0.1) is 5.69 Å². The molecule has 68 valence electrons. The van der Waals surface area contributed by atoms with Crippen molar-refractivity contribution in [2.45, 2.75) is 0 Å². The van der Waals surface area contributed by atoms with Gasteiger partial charge in [0.2, 0.25) is 0 Å². The van der Waals surface area contributed by atoms with Crippen LogP contribution >= 0.6 is 0 Å². The van der Waals surface area contributed by atoms with Gasteiger partial charge in [-0.15, -0.1) is 0 Å². The fourth-order valence-corrected chi connectivity index (χ4v) is 1.81. The molecular weight excluding hydrogens is 176 g/mol. The second-order valence-corrected chi connectivity index (χ2v) is 3.34. The number of hydrogen-bond acceptors (Lipinski definition) is 2. The van der Waals surface area contributed by atoms with Gasteiger partial charge in [0, 0.05) is 0 Å². The van der Waals surface area contributed by atoms with Crippen molar-refractivity contribution in [3.05, 3.63) is 35.9 Å². The van der Waals surface area contributed by atoms with E-state index in [4.69, 9.17) is 0 Å². The zero-order valence-corrected chi connectivity index (χ0v) is 7.47. The molecule has 0 atom stereocenters. The number of amidine groups is 1. The van der Waals surface area contributed by atoms with Gasteiger partial charge in [0.25, 0.3) is 5.91 Å². The first-order valence-electron chi connectivity index (χ1n) is 4.51. The molecule has 3 heteroatoms. The predicted octanol–water partition coefficient (Wildman–Crippen LogP) is 1.46. The van der Waals surface area contributed by atoms with Crippen LogP contribution in [0.1, 0.15) is 5.56 Å². The van der Waals surface area contributed by atoms with Gasteiger partial charge in [-0.1, -0.05) is 18.2 Å². The molecule has 0 bridgehead atoms. The zero-order chi connectivity index (χ0) is 9.54. The molecule has 1 aromatic carbocycles. The van der Waals surface area contributed by atoms with Gasteiger partial charge in [-0.3, -0.25) is 4.79 Å². The largest absolute Gasteiger partial charge is 0.316 e. The van der Waals surface area contributed by atoms with Crippen LogP contribution in [-0.2, 0) is 4.79 Å². The highest BCUT2D eigenvalue weighted by Gasteiger charge is 2.26. The Morgan fingerprint density at radius 3 is 3.00 bits per heavy atom. The van der Waals surface area contributed by atoms with Crippen molar-refractivity contribution in [1.82, 2.24) is 0 Å². The molecule has 0 saturated carbocycles. The molecule has 0 aromatic heterocycles. The average Bonchev–Trinajstić information content (AvgIpc) is 2.59. The monoisotopic (exact) mass is 184 g/mol. The summed E-state index contributed by atoms with van der Waals surface area (Å²) in [7, 11) is 0. The van der Waals surface area contributed by atoms with Gasteiger partial charge in [-0.25, -0.2) is 0 Å². The lowest BCUT2D eigenvalue weighted by Gasteiger charge is -2.23. The number of hydrogen-bond donors (Lipinski definition) is 0. The van der Waals surface area contributed by atoms with E-state index in [9.17, 15) is 4.79 Å². The van der Waals surface area contributed by atoms with Crippen LogP contribution in [0.3, 0.4) is 0 Å². The van der Waals surface area contributed by atoms with Crippen molar-refractivity contribution in [2.24, 2.45) is 4.99 Å². The van der Waals surface area contributed by atoms with E-state index in [2.05, 4.69) is 4.99 Å². The van der Waals surface area contributed by atoms with Gasteiger partial charge >= 0.3 is 0 Å². The molecule has 0 aliphatic carbocycles. The van der Waals surface area contributed by atoms with E-state index >= 15 is 0 Å². The number of fused-ring (bicyclic) bond motifs is 3. The Hall–Kier alpha value is -1.90. The summed E-state index contributed by atoms with van der Waals surface area (Å²) in [5, 5.41) is 0. The van der Waals surface area contributed by atoms with E-state index in [-0.39, 0.29) is 5.91 Å². The maximum absolute atomic E-state index is 11.2. The quantitative estimate of drug-likeness (QED) is 0.611. The van der Waals surface area contributed by atoms with Crippen LogP contribution in [-0.4, -0.2) is 18.3 Å². The van der Waals surface area contributed by atoms with Crippen LogP contribution in [0.5, 0.6) is 0 Å². The van der Waals surface area contributed by atoms with Crippen LogP contribution in [0.25, 0.3) is 6.08 Å². The highest BCUT2D eigenvalue weighted by molar-refractivity contribution is 6.21. The van der Waals surface area contributed by atoms with Gasteiger partial charge in [0.1, 0.15) is 12.4 Å². The number of carbonyl (C=O) groups is 1. The second kappa shape index (κ2) is 2.54. The molecule has 3 rings (SSSR count). The summed E-state index contributed by atoms with van der Waals surface area (Å²) in [6.07, 6.45) is 3.87. The number of aliphatic imine (C=N–C) groups is 1. The topological polar surface area (TPSA) is 32.7 Å². The molecule has 0 spiro atoms. The number of benzene rings is 1.